The van der Waals surface area contributed by atoms with Crippen LogP contribution in [0.2, 0.25) is 0 Å². The molecule has 56 valence electrons. The van der Waals surface area contributed by atoms with Crippen molar-refractivity contribution in [2.24, 2.45) is 0 Å². The van der Waals surface area contributed by atoms with E-state index in [0.29, 0.717) is 0 Å². The van der Waals surface area contributed by atoms with Crippen LogP contribution in [0.5, 0.6) is 0 Å². The zero-order chi connectivity index (χ0) is 4.41. The van der Waals surface area contributed by atoms with E-state index in [9.17, 15) is 0 Å². The Morgan fingerprint density at radius 2 is 1.90 bits per heavy atom. The van der Waals surface area contributed by atoms with E-state index in [0.717, 1.165) is 6.42 Å². The van der Waals surface area contributed by atoms with E-state index in [1.165, 1.54) is 5.57 Å². The molecule has 3 heteroatoms. The maximum Gasteiger partial charge on any atom is 4.00 e. The number of halogens is 2. The first kappa shape index (κ1) is 22.4. The number of hydrogen-bond donors (Lipinski definition) is 0. The molecule has 0 fully saturated rings. The van der Waals surface area contributed by atoms with Crippen LogP contribution in [-0.2, 0) is 26.2 Å². The van der Waals surface area contributed by atoms with Crippen LogP contribution in [0.25, 0.3) is 0 Å². The number of allylic oxidation sites excluding steroid dienone is 4. The van der Waals surface area contributed by atoms with Crippen LogP contribution in [0.15, 0.2) is 17.7 Å². The number of hydrogen-bond acceptors (Lipinski definition) is 0. The summed E-state index contributed by atoms with van der Waals surface area (Å²) in [5.41, 5.74) is 1.27. The van der Waals surface area contributed by atoms with E-state index in [4.69, 9.17) is 0 Å². The fourth-order valence-corrected chi connectivity index (χ4v) is 0.515. The van der Waals surface area contributed by atoms with Gasteiger partial charge in [-0.15, -0.1) is 6.42 Å². The second-order valence-corrected chi connectivity index (χ2v) is 1.47. The third-order valence-corrected chi connectivity index (χ3v) is 0.867. The molecule has 0 unspecified atom stereocenters. The van der Waals surface area contributed by atoms with Gasteiger partial charge in [0.15, 0.2) is 0 Å². The van der Waals surface area contributed by atoms with Gasteiger partial charge in [-0.1, -0.05) is 6.92 Å². The molecule has 0 spiro atoms. The minimum Gasteiger partial charge on any atom is -1.00 e. The van der Waals surface area contributed by atoms with Crippen molar-refractivity contribution in [3.8, 4) is 0 Å². The molecule has 0 N–H and O–H groups in total. The molecule has 0 aromatic heterocycles. The monoisotopic (exact) mass is 254 g/mol. The van der Waals surface area contributed by atoms with Crippen LogP contribution in [-0.4, -0.2) is 0 Å². The van der Waals surface area contributed by atoms with Crippen molar-refractivity contribution in [3.05, 3.63) is 31.2 Å². The van der Waals surface area contributed by atoms with Gasteiger partial charge >= 0.3 is 26.2 Å². The first-order valence-corrected chi connectivity index (χ1v) is 2.13. The summed E-state index contributed by atoms with van der Waals surface area (Å²) in [7, 11) is 0. The average molecular weight is 256 g/mol. The molecule has 0 amide bonds. The van der Waals surface area contributed by atoms with Crippen LogP contribution in [0, 0.1) is 13.5 Å². The molecule has 0 saturated heterocycles. The predicted molar refractivity (Wildman–Crippen MR) is 32.6 cm³/mol. The quantitative estimate of drug-likeness (QED) is 0.389. The number of rotatable bonds is 0. The van der Waals surface area contributed by atoms with E-state index in [1.807, 2.05) is 0 Å². The molecule has 1 aliphatic rings. The largest absolute Gasteiger partial charge is 4.00 e. The van der Waals surface area contributed by atoms with E-state index in [2.05, 4.69) is 25.2 Å². The SMILES string of the molecule is CC1=[C-]CC=C1.[CH3-].[Cl-].[Cl-].[Zr+4]. The van der Waals surface area contributed by atoms with Gasteiger partial charge in [0.1, 0.15) is 0 Å². The van der Waals surface area contributed by atoms with Gasteiger partial charge < -0.3 is 32.2 Å². The molecule has 1 aliphatic carbocycles. The molecule has 0 aromatic rings. The van der Waals surface area contributed by atoms with Gasteiger partial charge in [-0.2, -0.15) is 6.08 Å². The van der Waals surface area contributed by atoms with Crippen molar-refractivity contribution in [2.45, 2.75) is 13.3 Å². The molecule has 0 radical (unpaired) electrons. The van der Waals surface area contributed by atoms with E-state index < -0.39 is 0 Å². The Hall–Kier alpha value is 0.943. The summed E-state index contributed by atoms with van der Waals surface area (Å²) in [6.45, 7) is 2.06. The zero-order valence-electron chi connectivity index (χ0n) is 6.12. The van der Waals surface area contributed by atoms with Crippen molar-refractivity contribution in [3.63, 3.8) is 0 Å². The molecular formula is C7H10Cl2Zr. The molecule has 1 rings (SSSR count). The molecule has 0 atom stereocenters. The molecule has 0 aromatic carbocycles. The summed E-state index contributed by atoms with van der Waals surface area (Å²) in [5, 5.41) is 0. The molecule has 0 bridgehead atoms. The molecule has 0 saturated carbocycles. The Morgan fingerprint density at radius 1 is 1.40 bits per heavy atom. The topological polar surface area (TPSA) is 0 Å². The first-order chi connectivity index (χ1) is 2.89. The Morgan fingerprint density at radius 3 is 2.00 bits per heavy atom. The molecule has 0 heterocycles. The van der Waals surface area contributed by atoms with Crippen molar-refractivity contribution >= 4 is 0 Å². The second kappa shape index (κ2) is 12.6. The third-order valence-electron chi connectivity index (χ3n) is 0.867. The van der Waals surface area contributed by atoms with Gasteiger partial charge in [-0.25, -0.2) is 11.6 Å². The maximum atomic E-state index is 3.12. The van der Waals surface area contributed by atoms with Gasteiger partial charge in [0.05, 0.1) is 0 Å². The Kier molecular flexibility index (Phi) is 28.3. The minimum atomic E-state index is 0. The van der Waals surface area contributed by atoms with Crippen molar-refractivity contribution in [2.75, 3.05) is 0 Å². The maximum absolute atomic E-state index is 3.12. The average Bonchev–Trinajstić information content (AvgIpc) is 1.86. The molecule has 0 nitrogen and oxygen atoms in total. The Balaban J connectivity index is -0.0000000450. The van der Waals surface area contributed by atoms with Gasteiger partial charge in [-0.05, 0) is 0 Å². The fraction of sp³-hybridized carbons (Fsp3) is 0.286. The summed E-state index contributed by atoms with van der Waals surface area (Å²) < 4.78 is 0. The van der Waals surface area contributed by atoms with Gasteiger partial charge in [0, 0.05) is 0 Å². The fourth-order valence-electron chi connectivity index (χ4n) is 0.515. The zero-order valence-corrected chi connectivity index (χ0v) is 10.1. The normalized spacial score (nSPS) is 11.1. The summed E-state index contributed by atoms with van der Waals surface area (Å²) >= 11 is 0. The van der Waals surface area contributed by atoms with Crippen molar-refractivity contribution in [1.29, 1.82) is 0 Å². The second-order valence-electron chi connectivity index (χ2n) is 1.47. The van der Waals surface area contributed by atoms with Gasteiger partial charge in [0.2, 0.25) is 0 Å². The van der Waals surface area contributed by atoms with Crippen LogP contribution >= 0.6 is 0 Å². The van der Waals surface area contributed by atoms with E-state index in [1.54, 1.807) is 0 Å². The van der Waals surface area contributed by atoms with Crippen LogP contribution in [0.4, 0.5) is 0 Å². The Bertz CT molecular complexity index is 105. The van der Waals surface area contributed by atoms with Gasteiger partial charge in [0.25, 0.3) is 0 Å². The van der Waals surface area contributed by atoms with Crippen molar-refractivity contribution in [1.82, 2.24) is 0 Å². The summed E-state index contributed by atoms with van der Waals surface area (Å²) in [6.07, 6.45) is 8.33. The summed E-state index contributed by atoms with van der Waals surface area (Å²) in [4.78, 5) is 0. The standard InChI is InChI=1S/C6H7.CH3.2ClH.Zr/c1-6-4-2-3-5-6;;;;/h2,4H,3H2,1H3;1H3;2*1H;/q2*-1;;;+4/p-2. The van der Waals surface area contributed by atoms with E-state index >= 15 is 0 Å². The smallest absolute Gasteiger partial charge is 1.00 e. The first-order valence-electron chi connectivity index (χ1n) is 2.13. The Labute approximate surface area is 95.1 Å². The summed E-state index contributed by atoms with van der Waals surface area (Å²) in [5.74, 6) is 0. The summed E-state index contributed by atoms with van der Waals surface area (Å²) in [6, 6.07) is 0. The van der Waals surface area contributed by atoms with Crippen molar-refractivity contribution < 1.29 is 51.0 Å². The van der Waals surface area contributed by atoms with Crippen LogP contribution in [0.1, 0.15) is 13.3 Å². The predicted octanol–water partition coefficient (Wildman–Crippen LogP) is -3.85. The van der Waals surface area contributed by atoms with Crippen LogP contribution < -0.4 is 24.8 Å². The van der Waals surface area contributed by atoms with E-state index in [-0.39, 0.29) is 58.4 Å². The molecule has 0 aliphatic heterocycles. The minimum absolute atomic E-state index is 0. The van der Waals surface area contributed by atoms with Crippen LogP contribution in [0.3, 0.4) is 0 Å². The molecule has 10 heavy (non-hydrogen) atoms. The van der Waals surface area contributed by atoms with Gasteiger partial charge in [-0.3, -0.25) is 6.08 Å². The molecular weight excluding hydrogens is 246 g/mol. The third kappa shape index (κ3) is 8.94.